The Morgan fingerprint density at radius 2 is 1.90 bits per heavy atom. The van der Waals surface area contributed by atoms with Crippen LogP contribution in [0.1, 0.15) is 11.1 Å². The first-order valence-corrected chi connectivity index (χ1v) is 6.26. The third-order valence-corrected chi connectivity index (χ3v) is 3.13. The Kier molecular flexibility index (Phi) is 3.43. The molecule has 0 spiro atoms. The minimum Gasteiger partial charge on any atom is -0.489 e. The van der Waals surface area contributed by atoms with E-state index >= 15 is 0 Å². The highest BCUT2D eigenvalue weighted by Crippen LogP contribution is 2.35. The maximum absolute atomic E-state index is 13.1. The Bertz CT molecular complexity index is 631. The summed E-state index contributed by atoms with van der Waals surface area (Å²) in [5, 5.41) is 0. The molecular formula is C15H14FNO3. The summed E-state index contributed by atoms with van der Waals surface area (Å²) in [6.07, 6.45) is 0. The van der Waals surface area contributed by atoms with Crippen LogP contribution in [0.2, 0.25) is 0 Å². The molecule has 1 aliphatic rings. The lowest BCUT2D eigenvalue weighted by atomic mass is 10.1. The molecule has 4 nitrogen and oxygen atoms in total. The van der Waals surface area contributed by atoms with Crippen LogP contribution in [0.3, 0.4) is 0 Å². The van der Waals surface area contributed by atoms with Gasteiger partial charge in [0.2, 0.25) is 6.79 Å². The van der Waals surface area contributed by atoms with Gasteiger partial charge >= 0.3 is 0 Å². The molecule has 2 N–H and O–H groups in total. The van der Waals surface area contributed by atoms with Gasteiger partial charge in [-0.05, 0) is 35.4 Å². The molecule has 2 aromatic carbocycles. The highest BCUT2D eigenvalue weighted by molar-refractivity contribution is 5.47. The van der Waals surface area contributed by atoms with Crippen LogP contribution in [0.15, 0.2) is 36.4 Å². The van der Waals surface area contributed by atoms with E-state index in [0.29, 0.717) is 23.9 Å². The molecule has 0 saturated carbocycles. The average Bonchev–Trinajstić information content (AvgIpc) is 2.93. The van der Waals surface area contributed by atoms with Crippen molar-refractivity contribution in [1.29, 1.82) is 0 Å². The molecule has 3 rings (SSSR count). The Balaban J connectivity index is 1.73. The summed E-state index contributed by atoms with van der Waals surface area (Å²) in [4.78, 5) is 0. The van der Waals surface area contributed by atoms with Crippen LogP contribution in [0.4, 0.5) is 4.39 Å². The van der Waals surface area contributed by atoms with Gasteiger partial charge in [-0.15, -0.1) is 0 Å². The molecule has 0 atom stereocenters. The zero-order valence-corrected chi connectivity index (χ0v) is 10.8. The van der Waals surface area contributed by atoms with E-state index in [1.165, 1.54) is 12.1 Å². The van der Waals surface area contributed by atoms with Crippen LogP contribution in [-0.4, -0.2) is 6.79 Å². The molecular weight excluding hydrogens is 261 g/mol. The monoisotopic (exact) mass is 275 g/mol. The number of rotatable bonds is 4. The van der Waals surface area contributed by atoms with Crippen LogP contribution < -0.4 is 19.9 Å². The molecule has 20 heavy (non-hydrogen) atoms. The van der Waals surface area contributed by atoms with Gasteiger partial charge in [0.25, 0.3) is 0 Å². The normalized spacial score (nSPS) is 12.5. The second kappa shape index (κ2) is 5.38. The summed E-state index contributed by atoms with van der Waals surface area (Å²) in [6.45, 7) is 0.831. The van der Waals surface area contributed by atoms with E-state index in [4.69, 9.17) is 19.9 Å². The van der Waals surface area contributed by atoms with Crippen molar-refractivity contribution < 1.29 is 18.6 Å². The summed E-state index contributed by atoms with van der Waals surface area (Å²) in [5.74, 6) is 1.75. The average molecular weight is 275 g/mol. The standard InChI is InChI=1S/C15H14FNO3/c16-12-2-1-10(11(5-12)7-17)8-18-13-3-4-14-15(6-13)20-9-19-14/h1-6H,7-9,17H2. The topological polar surface area (TPSA) is 53.7 Å². The number of nitrogens with two attached hydrogens (primary N) is 1. The van der Waals surface area contributed by atoms with Gasteiger partial charge in [0.05, 0.1) is 0 Å². The Hall–Kier alpha value is -2.27. The van der Waals surface area contributed by atoms with Crippen molar-refractivity contribution in [2.45, 2.75) is 13.2 Å². The van der Waals surface area contributed by atoms with E-state index < -0.39 is 0 Å². The molecule has 0 radical (unpaired) electrons. The SMILES string of the molecule is NCc1cc(F)ccc1COc1ccc2c(c1)OCO2. The molecule has 1 heterocycles. The van der Waals surface area contributed by atoms with Crippen molar-refractivity contribution in [3.8, 4) is 17.2 Å². The number of benzene rings is 2. The zero-order valence-electron chi connectivity index (χ0n) is 10.8. The van der Waals surface area contributed by atoms with Gasteiger partial charge in [0.15, 0.2) is 11.5 Å². The summed E-state index contributed by atoms with van der Waals surface area (Å²) in [7, 11) is 0. The predicted molar refractivity (Wildman–Crippen MR) is 71.2 cm³/mol. The van der Waals surface area contributed by atoms with Crippen LogP contribution >= 0.6 is 0 Å². The smallest absolute Gasteiger partial charge is 0.231 e. The predicted octanol–water partition coefficient (Wildman–Crippen LogP) is 2.59. The third-order valence-electron chi connectivity index (χ3n) is 3.13. The number of hydrogen-bond acceptors (Lipinski definition) is 4. The Morgan fingerprint density at radius 3 is 2.75 bits per heavy atom. The van der Waals surface area contributed by atoms with Gasteiger partial charge in [-0.3, -0.25) is 0 Å². The first-order valence-electron chi connectivity index (χ1n) is 6.26. The molecule has 0 saturated heterocycles. The van der Waals surface area contributed by atoms with Crippen LogP contribution in [0.25, 0.3) is 0 Å². The van der Waals surface area contributed by atoms with Gasteiger partial charge in [0, 0.05) is 12.6 Å². The highest BCUT2D eigenvalue weighted by atomic mass is 19.1. The molecule has 0 unspecified atom stereocenters. The van der Waals surface area contributed by atoms with Gasteiger partial charge in [-0.1, -0.05) is 6.07 Å². The van der Waals surface area contributed by atoms with Crippen LogP contribution in [0.5, 0.6) is 17.2 Å². The molecule has 104 valence electrons. The number of hydrogen-bond donors (Lipinski definition) is 1. The third kappa shape index (κ3) is 2.53. The van der Waals surface area contributed by atoms with Crippen molar-refractivity contribution in [2.24, 2.45) is 5.73 Å². The quantitative estimate of drug-likeness (QED) is 0.931. The molecule has 0 bridgehead atoms. The molecule has 5 heteroatoms. The number of fused-ring (bicyclic) bond motifs is 1. The maximum Gasteiger partial charge on any atom is 0.231 e. The van der Waals surface area contributed by atoms with E-state index in [9.17, 15) is 4.39 Å². The highest BCUT2D eigenvalue weighted by Gasteiger charge is 2.14. The van der Waals surface area contributed by atoms with Crippen molar-refractivity contribution in [2.75, 3.05) is 6.79 Å². The van der Waals surface area contributed by atoms with E-state index in [1.54, 1.807) is 24.3 Å². The molecule has 0 fully saturated rings. The number of ether oxygens (including phenoxy) is 3. The summed E-state index contributed by atoms with van der Waals surface area (Å²) in [6, 6.07) is 9.89. The van der Waals surface area contributed by atoms with Gasteiger partial charge < -0.3 is 19.9 Å². The van der Waals surface area contributed by atoms with E-state index in [0.717, 1.165) is 11.1 Å². The van der Waals surface area contributed by atoms with Crippen molar-refractivity contribution >= 4 is 0 Å². The fraction of sp³-hybridized carbons (Fsp3) is 0.200. The summed E-state index contributed by atoms with van der Waals surface area (Å²) >= 11 is 0. The Morgan fingerprint density at radius 1 is 1.05 bits per heavy atom. The molecule has 0 aromatic heterocycles. The minimum absolute atomic E-state index is 0.230. The fourth-order valence-corrected chi connectivity index (χ4v) is 2.05. The molecule has 0 aliphatic carbocycles. The molecule has 1 aliphatic heterocycles. The van der Waals surface area contributed by atoms with Crippen molar-refractivity contribution in [3.63, 3.8) is 0 Å². The second-order valence-corrected chi connectivity index (χ2v) is 4.42. The van der Waals surface area contributed by atoms with Crippen molar-refractivity contribution in [3.05, 3.63) is 53.3 Å². The van der Waals surface area contributed by atoms with E-state index in [-0.39, 0.29) is 19.2 Å². The lowest BCUT2D eigenvalue weighted by Crippen LogP contribution is -2.05. The Labute approximate surface area is 115 Å². The van der Waals surface area contributed by atoms with Crippen LogP contribution in [0, 0.1) is 5.82 Å². The minimum atomic E-state index is -0.294. The summed E-state index contributed by atoms with van der Waals surface area (Å²) in [5.41, 5.74) is 7.21. The lowest BCUT2D eigenvalue weighted by Gasteiger charge is -2.10. The first kappa shape index (κ1) is 12.7. The molecule has 2 aromatic rings. The van der Waals surface area contributed by atoms with Gasteiger partial charge in [-0.25, -0.2) is 4.39 Å². The first-order chi connectivity index (χ1) is 9.76. The lowest BCUT2D eigenvalue weighted by molar-refractivity contribution is 0.173. The van der Waals surface area contributed by atoms with Gasteiger partial charge in [0.1, 0.15) is 18.2 Å². The van der Waals surface area contributed by atoms with Gasteiger partial charge in [-0.2, -0.15) is 0 Å². The summed E-state index contributed by atoms with van der Waals surface area (Å²) < 4.78 is 29.3. The van der Waals surface area contributed by atoms with Crippen LogP contribution in [-0.2, 0) is 13.2 Å². The largest absolute Gasteiger partial charge is 0.489 e. The fourth-order valence-electron chi connectivity index (χ4n) is 2.05. The molecule has 0 amide bonds. The number of halogens is 1. The maximum atomic E-state index is 13.1. The van der Waals surface area contributed by atoms with E-state index in [1.807, 2.05) is 0 Å². The van der Waals surface area contributed by atoms with Crippen molar-refractivity contribution in [1.82, 2.24) is 0 Å². The van der Waals surface area contributed by atoms with E-state index in [2.05, 4.69) is 0 Å². The zero-order chi connectivity index (χ0) is 13.9. The second-order valence-electron chi connectivity index (χ2n) is 4.42.